The van der Waals surface area contributed by atoms with Crippen LogP contribution in [0, 0.1) is 12.7 Å². The fraction of sp³-hybridized carbons (Fsp3) is 0.143. The zero-order valence-corrected chi connectivity index (χ0v) is 16.4. The van der Waals surface area contributed by atoms with Crippen LogP contribution in [0.25, 0.3) is 0 Å². The number of halogens is 2. The Morgan fingerprint density at radius 2 is 1.89 bits per heavy atom. The van der Waals surface area contributed by atoms with Gasteiger partial charge in [-0.1, -0.05) is 40.2 Å². The molecule has 2 aromatic carbocycles. The molecule has 4 rings (SSSR count). The van der Waals surface area contributed by atoms with Crippen LogP contribution in [0.3, 0.4) is 0 Å². The summed E-state index contributed by atoms with van der Waals surface area (Å²) in [6.45, 7) is 1.76. The first kappa shape index (κ1) is 17.7. The molecule has 136 valence electrons. The summed E-state index contributed by atoms with van der Waals surface area (Å²) in [5.41, 5.74) is 8.21. The maximum absolute atomic E-state index is 14.6. The molecule has 1 atom stereocenters. The minimum atomic E-state index is -1.03. The molecule has 2 heterocycles. The highest BCUT2D eigenvalue weighted by Crippen LogP contribution is 2.46. The third-order valence-corrected chi connectivity index (χ3v) is 5.46. The van der Waals surface area contributed by atoms with Crippen molar-refractivity contribution in [1.29, 1.82) is 0 Å². The number of nitrogens with zero attached hydrogens (tertiary/aromatic N) is 2. The van der Waals surface area contributed by atoms with E-state index in [1.807, 2.05) is 30.3 Å². The number of hydrogen-bond acceptors (Lipinski definition) is 3. The zero-order chi connectivity index (χ0) is 19.3. The van der Waals surface area contributed by atoms with Crippen LogP contribution in [0.5, 0.6) is 0 Å². The van der Waals surface area contributed by atoms with Crippen LogP contribution in [0.2, 0.25) is 0 Å². The maximum atomic E-state index is 14.6. The molecule has 6 heteroatoms. The Labute approximate surface area is 164 Å². The van der Waals surface area contributed by atoms with Gasteiger partial charge in [0.05, 0.1) is 5.56 Å². The number of fused-ring (bicyclic) bond motifs is 1. The number of amidine groups is 1. The van der Waals surface area contributed by atoms with Gasteiger partial charge in [-0.2, -0.15) is 0 Å². The van der Waals surface area contributed by atoms with Gasteiger partial charge in [0.15, 0.2) is 0 Å². The van der Waals surface area contributed by atoms with Crippen molar-refractivity contribution in [1.82, 2.24) is 4.57 Å². The van der Waals surface area contributed by atoms with Crippen molar-refractivity contribution in [3.8, 4) is 0 Å². The summed E-state index contributed by atoms with van der Waals surface area (Å²) in [5.74, 6) is -0.262. The second kappa shape index (κ2) is 6.16. The van der Waals surface area contributed by atoms with Gasteiger partial charge in [0.2, 0.25) is 0 Å². The van der Waals surface area contributed by atoms with Crippen LogP contribution in [0.1, 0.15) is 27.8 Å². The summed E-state index contributed by atoms with van der Waals surface area (Å²) in [4.78, 5) is 17.0. The average molecular weight is 426 g/mol. The average Bonchev–Trinajstić information content (AvgIpc) is 2.94. The van der Waals surface area contributed by atoms with E-state index in [1.165, 1.54) is 10.6 Å². The summed E-state index contributed by atoms with van der Waals surface area (Å²) in [7, 11) is 1.70. The highest BCUT2D eigenvalue weighted by molar-refractivity contribution is 9.10. The van der Waals surface area contributed by atoms with Crippen LogP contribution in [0.15, 0.2) is 69.0 Å². The van der Waals surface area contributed by atoms with E-state index >= 15 is 0 Å². The second-order valence-electron chi connectivity index (χ2n) is 6.71. The molecule has 0 amide bonds. The number of aliphatic imine (C=N–C) groups is 1. The summed E-state index contributed by atoms with van der Waals surface area (Å²) in [5, 5.41) is 0. The minimum absolute atomic E-state index is 0.0856. The van der Waals surface area contributed by atoms with Crippen LogP contribution in [0.4, 0.5) is 4.39 Å². The third-order valence-electron chi connectivity index (χ3n) is 4.97. The first-order chi connectivity index (χ1) is 12.8. The monoisotopic (exact) mass is 425 g/mol. The fourth-order valence-electron chi connectivity index (χ4n) is 3.78. The Balaban J connectivity index is 2.15. The largest absolute Gasteiger partial charge is 0.383 e. The number of pyridine rings is 1. The maximum Gasteiger partial charge on any atom is 0.253 e. The summed E-state index contributed by atoms with van der Waals surface area (Å²) in [6, 6.07) is 14.4. The summed E-state index contributed by atoms with van der Waals surface area (Å²) in [6.07, 6.45) is 1.74. The molecule has 1 aromatic heterocycles. The van der Waals surface area contributed by atoms with E-state index < -0.39 is 11.4 Å². The van der Waals surface area contributed by atoms with Crippen LogP contribution >= 0.6 is 15.9 Å². The van der Waals surface area contributed by atoms with E-state index in [9.17, 15) is 9.18 Å². The standard InChI is InChI=1S/C21H17BrFN3O/c1-12-9-14(11-26(2)20(12)27)21(13-5-3-6-15(22)10-13)16-7-4-8-17(23)18(16)19(24)25-21/h3-11H,1-2H3,(H2,24,25). The van der Waals surface area contributed by atoms with Crippen molar-refractivity contribution in [3.63, 3.8) is 0 Å². The molecule has 4 nitrogen and oxygen atoms in total. The molecule has 0 radical (unpaired) electrons. The van der Waals surface area contributed by atoms with Crippen LogP contribution in [-0.2, 0) is 12.6 Å². The van der Waals surface area contributed by atoms with E-state index in [0.717, 1.165) is 15.6 Å². The topological polar surface area (TPSA) is 60.4 Å². The first-order valence-corrected chi connectivity index (χ1v) is 9.22. The third kappa shape index (κ3) is 2.55. The quantitative estimate of drug-likeness (QED) is 0.681. The van der Waals surface area contributed by atoms with Gasteiger partial charge in [0.25, 0.3) is 5.56 Å². The number of nitrogens with two attached hydrogens (primary N) is 1. The molecule has 0 saturated heterocycles. The molecule has 0 fully saturated rings. The van der Waals surface area contributed by atoms with E-state index in [0.29, 0.717) is 16.7 Å². The summed E-state index contributed by atoms with van der Waals surface area (Å²) < 4.78 is 17.0. The Bertz CT molecular complexity index is 1140. The lowest BCUT2D eigenvalue weighted by Gasteiger charge is -2.30. The van der Waals surface area contributed by atoms with Gasteiger partial charge in [-0.25, -0.2) is 9.38 Å². The Morgan fingerprint density at radius 3 is 2.59 bits per heavy atom. The fourth-order valence-corrected chi connectivity index (χ4v) is 4.18. The van der Waals surface area contributed by atoms with Gasteiger partial charge < -0.3 is 10.3 Å². The van der Waals surface area contributed by atoms with Crippen LogP contribution in [-0.4, -0.2) is 10.4 Å². The predicted molar refractivity (Wildman–Crippen MR) is 108 cm³/mol. The Hall–Kier alpha value is -2.73. The molecule has 0 aliphatic carbocycles. The van der Waals surface area contributed by atoms with Crippen molar-refractivity contribution in [3.05, 3.63) is 103 Å². The lowest BCUT2D eigenvalue weighted by atomic mass is 9.78. The van der Waals surface area contributed by atoms with Crippen LogP contribution < -0.4 is 11.3 Å². The van der Waals surface area contributed by atoms with Gasteiger partial charge >= 0.3 is 0 Å². The lowest BCUT2D eigenvalue weighted by molar-refractivity contribution is 0.613. The first-order valence-electron chi connectivity index (χ1n) is 8.43. The molecule has 0 saturated carbocycles. The van der Waals surface area contributed by atoms with Crippen molar-refractivity contribution in [2.45, 2.75) is 12.5 Å². The number of benzene rings is 2. The highest BCUT2D eigenvalue weighted by atomic mass is 79.9. The molecule has 1 aliphatic heterocycles. The number of rotatable bonds is 2. The van der Waals surface area contributed by atoms with Crippen molar-refractivity contribution < 1.29 is 4.39 Å². The van der Waals surface area contributed by atoms with E-state index in [2.05, 4.69) is 15.9 Å². The van der Waals surface area contributed by atoms with E-state index in [4.69, 9.17) is 10.7 Å². The highest BCUT2D eigenvalue weighted by Gasteiger charge is 2.44. The van der Waals surface area contributed by atoms with Gasteiger partial charge in [0, 0.05) is 34.4 Å². The zero-order valence-electron chi connectivity index (χ0n) is 14.8. The number of aryl methyl sites for hydroxylation is 2. The molecule has 1 aliphatic rings. The van der Waals surface area contributed by atoms with Gasteiger partial charge in [0.1, 0.15) is 17.2 Å². The molecule has 1 unspecified atom stereocenters. The molecular weight excluding hydrogens is 409 g/mol. The summed E-state index contributed by atoms with van der Waals surface area (Å²) >= 11 is 3.51. The molecule has 0 spiro atoms. The number of aromatic nitrogens is 1. The Kier molecular flexibility index (Phi) is 4.03. The van der Waals surface area contributed by atoms with Crippen molar-refractivity contribution in [2.75, 3.05) is 0 Å². The molecule has 3 aromatic rings. The lowest BCUT2D eigenvalue weighted by Crippen LogP contribution is -2.29. The normalized spacial score (nSPS) is 18.3. The predicted octanol–water partition coefficient (Wildman–Crippen LogP) is 3.61. The van der Waals surface area contributed by atoms with Gasteiger partial charge in [-0.05, 0) is 36.8 Å². The molecule has 0 bridgehead atoms. The van der Waals surface area contributed by atoms with Gasteiger partial charge in [-0.15, -0.1) is 0 Å². The van der Waals surface area contributed by atoms with E-state index in [1.54, 1.807) is 32.3 Å². The van der Waals surface area contributed by atoms with E-state index in [-0.39, 0.29) is 11.4 Å². The van der Waals surface area contributed by atoms with Crippen molar-refractivity contribution in [2.24, 2.45) is 17.8 Å². The minimum Gasteiger partial charge on any atom is -0.383 e. The second-order valence-corrected chi connectivity index (χ2v) is 7.62. The smallest absolute Gasteiger partial charge is 0.253 e. The Morgan fingerprint density at radius 1 is 1.15 bits per heavy atom. The van der Waals surface area contributed by atoms with Crippen molar-refractivity contribution >= 4 is 21.8 Å². The molecule has 2 N–H and O–H groups in total. The molecular formula is C21H17BrFN3O. The SMILES string of the molecule is Cc1cc(C2(c3cccc(Br)c3)N=C(N)c3c(F)cccc32)cn(C)c1=O. The van der Waals surface area contributed by atoms with Gasteiger partial charge in [-0.3, -0.25) is 4.79 Å². The number of hydrogen-bond donors (Lipinski definition) is 1. The molecule has 27 heavy (non-hydrogen) atoms.